The predicted molar refractivity (Wildman–Crippen MR) is 52.6 cm³/mol. The second kappa shape index (κ2) is 3.43. The molecule has 0 saturated carbocycles. The van der Waals surface area contributed by atoms with Crippen molar-refractivity contribution in [2.45, 2.75) is 0 Å². The lowest BCUT2D eigenvalue weighted by Crippen LogP contribution is -2.22. The second-order valence-electron chi connectivity index (χ2n) is 3.07. The van der Waals surface area contributed by atoms with E-state index < -0.39 is 0 Å². The average molecular weight is 161 g/mol. The maximum atomic E-state index is 11.4. The van der Waals surface area contributed by atoms with Crippen LogP contribution in [0.5, 0.6) is 0 Å². The minimum Gasteiger partial charge on any atom is -0.345 e. The molecule has 3 heteroatoms. The summed E-state index contributed by atoms with van der Waals surface area (Å²) >= 11 is 0. The summed E-state index contributed by atoms with van der Waals surface area (Å²) in [5.74, 6) is 0.0544. The minimum atomic E-state index is 0.0544. The van der Waals surface area contributed by atoms with Crippen LogP contribution in [0.1, 0.15) is 10.4 Å². The third kappa shape index (κ3) is 1.88. The molecule has 1 aromatic carbocycles. The molecule has 1 rings (SSSR count). The topological polar surface area (TPSA) is 20.3 Å². The molecule has 0 fully saturated rings. The molecule has 0 radical (unpaired) electrons. The van der Waals surface area contributed by atoms with Crippen molar-refractivity contribution in [3.05, 3.63) is 29.8 Å². The van der Waals surface area contributed by atoms with Crippen molar-refractivity contribution in [3.63, 3.8) is 0 Å². The van der Waals surface area contributed by atoms with Crippen molar-refractivity contribution in [1.29, 1.82) is 0 Å². The number of amides is 1. The van der Waals surface area contributed by atoms with Crippen molar-refractivity contribution in [2.75, 3.05) is 14.1 Å². The second-order valence-corrected chi connectivity index (χ2v) is 3.07. The monoisotopic (exact) mass is 161 g/mol. The first-order valence-corrected chi connectivity index (χ1v) is 3.89. The Hall–Kier alpha value is -1.25. The van der Waals surface area contributed by atoms with E-state index in [0.717, 1.165) is 11.0 Å². The highest BCUT2D eigenvalue weighted by Gasteiger charge is 2.06. The van der Waals surface area contributed by atoms with Crippen molar-refractivity contribution >= 4 is 19.2 Å². The van der Waals surface area contributed by atoms with E-state index in [-0.39, 0.29) is 5.91 Å². The van der Waals surface area contributed by atoms with Crippen LogP contribution in [-0.4, -0.2) is 32.7 Å². The molecule has 0 aliphatic rings. The van der Waals surface area contributed by atoms with Crippen molar-refractivity contribution in [3.8, 4) is 0 Å². The fourth-order valence-electron chi connectivity index (χ4n) is 1.04. The molecule has 0 heterocycles. The van der Waals surface area contributed by atoms with E-state index >= 15 is 0 Å². The Balaban J connectivity index is 2.96. The van der Waals surface area contributed by atoms with Crippen LogP contribution in [0.4, 0.5) is 0 Å². The van der Waals surface area contributed by atoms with Gasteiger partial charge in [-0.3, -0.25) is 4.79 Å². The van der Waals surface area contributed by atoms with Gasteiger partial charge < -0.3 is 4.90 Å². The maximum absolute atomic E-state index is 11.4. The summed E-state index contributed by atoms with van der Waals surface area (Å²) in [6.45, 7) is 0. The van der Waals surface area contributed by atoms with Crippen LogP contribution in [0.2, 0.25) is 0 Å². The third-order valence-corrected chi connectivity index (χ3v) is 1.67. The van der Waals surface area contributed by atoms with Gasteiger partial charge in [0.25, 0.3) is 5.91 Å². The molecule has 0 unspecified atom stereocenters. The zero-order valence-electron chi connectivity index (χ0n) is 7.66. The van der Waals surface area contributed by atoms with Crippen molar-refractivity contribution < 1.29 is 4.79 Å². The number of carbonyl (C=O) groups excluding carboxylic acids is 1. The van der Waals surface area contributed by atoms with Crippen LogP contribution in [0.25, 0.3) is 0 Å². The van der Waals surface area contributed by atoms with Crippen LogP contribution in [-0.2, 0) is 0 Å². The summed E-state index contributed by atoms with van der Waals surface area (Å²) in [6, 6.07) is 7.59. The first-order valence-electron chi connectivity index (χ1n) is 3.89. The lowest BCUT2D eigenvalue weighted by Gasteiger charge is -2.10. The third-order valence-electron chi connectivity index (χ3n) is 1.67. The molecule has 0 aromatic heterocycles. The summed E-state index contributed by atoms with van der Waals surface area (Å²) in [7, 11) is 5.49. The Morgan fingerprint density at radius 2 is 2.08 bits per heavy atom. The van der Waals surface area contributed by atoms with Gasteiger partial charge >= 0.3 is 0 Å². The van der Waals surface area contributed by atoms with Crippen molar-refractivity contribution in [1.82, 2.24) is 4.90 Å². The van der Waals surface area contributed by atoms with Gasteiger partial charge in [-0.1, -0.05) is 23.7 Å². The van der Waals surface area contributed by atoms with Crippen molar-refractivity contribution in [2.24, 2.45) is 0 Å². The van der Waals surface area contributed by atoms with E-state index in [1.165, 1.54) is 0 Å². The fraction of sp³-hybridized carbons (Fsp3) is 0.222. The summed E-state index contributed by atoms with van der Waals surface area (Å²) in [5, 5.41) is 0. The Bertz CT molecular complexity index is 296. The van der Waals surface area contributed by atoms with E-state index in [1.807, 2.05) is 32.1 Å². The summed E-state index contributed by atoms with van der Waals surface area (Å²) in [6.07, 6.45) is 0. The van der Waals surface area contributed by atoms with E-state index in [2.05, 4.69) is 0 Å². The molecule has 1 amide bonds. The minimum absolute atomic E-state index is 0.0544. The summed E-state index contributed by atoms with van der Waals surface area (Å²) in [4.78, 5) is 13.0. The van der Waals surface area contributed by atoms with Crippen LogP contribution >= 0.6 is 0 Å². The van der Waals surface area contributed by atoms with Gasteiger partial charge in [0.05, 0.1) is 0 Å². The molecule has 62 valence electrons. The van der Waals surface area contributed by atoms with E-state index in [1.54, 1.807) is 19.0 Å². The van der Waals surface area contributed by atoms with Gasteiger partial charge in [-0.05, 0) is 6.07 Å². The number of hydrogen-bond acceptors (Lipinski definition) is 1. The van der Waals surface area contributed by atoms with Gasteiger partial charge in [0.1, 0.15) is 7.85 Å². The fourth-order valence-corrected chi connectivity index (χ4v) is 1.04. The Kier molecular flexibility index (Phi) is 2.53. The largest absolute Gasteiger partial charge is 0.345 e. The summed E-state index contributed by atoms with van der Waals surface area (Å²) < 4.78 is 0. The summed E-state index contributed by atoms with van der Waals surface area (Å²) in [5.41, 5.74) is 1.86. The molecule has 0 N–H and O–H groups in total. The predicted octanol–water partition coefficient (Wildman–Crippen LogP) is -0.353. The van der Waals surface area contributed by atoms with Gasteiger partial charge in [-0.25, -0.2) is 0 Å². The molecular formula is C9H12BNO. The Morgan fingerprint density at radius 3 is 2.58 bits per heavy atom. The van der Waals surface area contributed by atoms with Gasteiger partial charge in [0.2, 0.25) is 0 Å². The zero-order valence-corrected chi connectivity index (χ0v) is 7.66. The number of rotatable bonds is 1. The van der Waals surface area contributed by atoms with E-state index in [4.69, 9.17) is 0 Å². The quantitative estimate of drug-likeness (QED) is 0.515. The maximum Gasteiger partial charge on any atom is 0.253 e. The Morgan fingerprint density at radius 1 is 1.42 bits per heavy atom. The van der Waals surface area contributed by atoms with Crippen LogP contribution in [0, 0.1) is 0 Å². The molecule has 0 aliphatic heterocycles. The first-order chi connectivity index (χ1) is 5.61. The highest BCUT2D eigenvalue weighted by molar-refractivity contribution is 6.32. The smallest absolute Gasteiger partial charge is 0.253 e. The molecule has 0 bridgehead atoms. The van der Waals surface area contributed by atoms with Gasteiger partial charge in [-0.15, -0.1) is 0 Å². The van der Waals surface area contributed by atoms with Gasteiger partial charge in [0, 0.05) is 19.7 Å². The molecule has 0 saturated heterocycles. The van der Waals surface area contributed by atoms with E-state index in [9.17, 15) is 4.79 Å². The molecule has 1 aromatic rings. The molecule has 0 aliphatic carbocycles. The SMILES string of the molecule is Bc1cccc(C(=O)N(C)C)c1. The van der Waals surface area contributed by atoms with Gasteiger partial charge in [0.15, 0.2) is 0 Å². The van der Waals surface area contributed by atoms with Crippen LogP contribution in [0.15, 0.2) is 24.3 Å². The first kappa shape index (κ1) is 8.85. The molecule has 0 atom stereocenters. The molecule has 0 spiro atoms. The lowest BCUT2D eigenvalue weighted by atomic mass is 9.94. The Labute approximate surface area is 73.6 Å². The molecule has 2 nitrogen and oxygen atoms in total. The average Bonchev–Trinajstić information content (AvgIpc) is 2.03. The number of nitrogens with zero attached hydrogens (tertiary/aromatic N) is 1. The highest BCUT2D eigenvalue weighted by Crippen LogP contribution is 1.98. The standard InChI is InChI=1S/C9H12BNO/c1-11(2)9(12)7-4-3-5-8(10)6-7/h3-6H,10H2,1-2H3. The van der Waals surface area contributed by atoms with E-state index in [0.29, 0.717) is 0 Å². The number of hydrogen-bond donors (Lipinski definition) is 0. The molecular weight excluding hydrogens is 149 g/mol. The zero-order chi connectivity index (χ0) is 9.14. The van der Waals surface area contributed by atoms with Crippen LogP contribution in [0.3, 0.4) is 0 Å². The molecule has 12 heavy (non-hydrogen) atoms. The number of benzene rings is 1. The lowest BCUT2D eigenvalue weighted by molar-refractivity contribution is 0.0827. The number of carbonyl (C=O) groups is 1. The normalized spacial score (nSPS) is 9.50. The highest BCUT2D eigenvalue weighted by atomic mass is 16.2. The van der Waals surface area contributed by atoms with Gasteiger partial charge in [-0.2, -0.15) is 0 Å². The van der Waals surface area contributed by atoms with Crippen LogP contribution < -0.4 is 5.46 Å².